The molecular weight excluding hydrogens is 271 g/mol. The number of hydrogen-bond acceptors (Lipinski definition) is 5. The molecule has 1 aliphatic rings. The van der Waals surface area contributed by atoms with Gasteiger partial charge in [0, 0.05) is 37.3 Å². The van der Waals surface area contributed by atoms with E-state index in [2.05, 4.69) is 29.3 Å². The Labute approximate surface area is 125 Å². The minimum absolute atomic E-state index is 0.213. The monoisotopic (exact) mass is 296 g/mol. The standard InChI is InChI=1S/C15H25FN4O/c1-19-6-7-20(2)11(10-19)8-15(18-17)13-5-4-12(21-3)9-14(13)16/h4-5,9,11,15,18H,6-8,10,17H2,1-3H3. The van der Waals surface area contributed by atoms with Crippen LogP contribution in [0.3, 0.4) is 0 Å². The van der Waals surface area contributed by atoms with Crippen molar-refractivity contribution in [2.75, 3.05) is 40.8 Å². The third-order valence-electron chi connectivity index (χ3n) is 4.27. The Morgan fingerprint density at radius 1 is 1.43 bits per heavy atom. The number of hydrogen-bond donors (Lipinski definition) is 2. The number of piperazine rings is 1. The Kier molecular flexibility index (Phi) is 5.52. The first-order valence-electron chi connectivity index (χ1n) is 7.23. The second-order valence-corrected chi connectivity index (χ2v) is 5.74. The van der Waals surface area contributed by atoms with Crippen molar-refractivity contribution in [3.8, 4) is 5.75 Å². The fraction of sp³-hybridized carbons (Fsp3) is 0.600. The van der Waals surface area contributed by atoms with Gasteiger partial charge in [-0.2, -0.15) is 0 Å². The molecule has 21 heavy (non-hydrogen) atoms. The Balaban J connectivity index is 2.12. The highest BCUT2D eigenvalue weighted by Gasteiger charge is 2.26. The largest absolute Gasteiger partial charge is 0.497 e. The van der Waals surface area contributed by atoms with Crippen LogP contribution in [0.15, 0.2) is 18.2 Å². The molecule has 1 aromatic rings. The molecule has 118 valence electrons. The first-order valence-corrected chi connectivity index (χ1v) is 7.23. The molecule has 0 saturated carbocycles. The van der Waals surface area contributed by atoms with E-state index in [0.717, 1.165) is 26.1 Å². The zero-order valence-electron chi connectivity index (χ0n) is 13.0. The number of methoxy groups -OCH3 is 1. The molecule has 0 amide bonds. The van der Waals surface area contributed by atoms with Crippen molar-refractivity contribution in [1.82, 2.24) is 15.2 Å². The van der Waals surface area contributed by atoms with Crippen molar-refractivity contribution in [3.05, 3.63) is 29.6 Å². The van der Waals surface area contributed by atoms with Gasteiger partial charge in [0.15, 0.2) is 0 Å². The lowest BCUT2D eigenvalue weighted by Gasteiger charge is -2.39. The highest BCUT2D eigenvalue weighted by Crippen LogP contribution is 2.26. The molecule has 3 N–H and O–H groups in total. The number of nitrogens with two attached hydrogens (primary N) is 1. The van der Waals surface area contributed by atoms with Crippen LogP contribution in [0.25, 0.3) is 0 Å². The van der Waals surface area contributed by atoms with E-state index in [-0.39, 0.29) is 11.9 Å². The quantitative estimate of drug-likeness (QED) is 0.626. The van der Waals surface area contributed by atoms with Crippen LogP contribution in [0, 0.1) is 5.82 Å². The van der Waals surface area contributed by atoms with E-state index in [4.69, 9.17) is 10.6 Å². The SMILES string of the molecule is COc1ccc(C(CC2CN(C)CCN2C)NN)c(F)c1. The van der Waals surface area contributed by atoms with Crippen molar-refractivity contribution in [3.63, 3.8) is 0 Å². The summed E-state index contributed by atoms with van der Waals surface area (Å²) in [6, 6.07) is 5.04. The summed E-state index contributed by atoms with van der Waals surface area (Å²) >= 11 is 0. The van der Waals surface area contributed by atoms with Crippen LogP contribution in [0.1, 0.15) is 18.0 Å². The van der Waals surface area contributed by atoms with Crippen molar-refractivity contribution < 1.29 is 9.13 Å². The summed E-state index contributed by atoms with van der Waals surface area (Å²) in [5, 5.41) is 0. The molecular formula is C15H25FN4O. The third-order valence-corrected chi connectivity index (χ3v) is 4.27. The Hall–Kier alpha value is -1.21. The number of ether oxygens (including phenoxy) is 1. The van der Waals surface area contributed by atoms with Crippen LogP contribution in [0.5, 0.6) is 5.75 Å². The lowest BCUT2D eigenvalue weighted by Crippen LogP contribution is -2.51. The second kappa shape index (κ2) is 7.17. The molecule has 6 heteroatoms. The van der Waals surface area contributed by atoms with Gasteiger partial charge in [0.1, 0.15) is 11.6 Å². The predicted octanol–water partition coefficient (Wildman–Crippen LogP) is 0.975. The molecule has 0 spiro atoms. The lowest BCUT2D eigenvalue weighted by molar-refractivity contribution is 0.101. The molecule has 1 heterocycles. The Bertz CT molecular complexity index is 471. The van der Waals surface area contributed by atoms with E-state index < -0.39 is 0 Å². The first kappa shape index (κ1) is 16.2. The van der Waals surface area contributed by atoms with Crippen LogP contribution >= 0.6 is 0 Å². The maximum atomic E-state index is 14.2. The molecule has 1 saturated heterocycles. The summed E-state index contributed by atoms with van der Waals surface area (Å²) in [6.07, 6.45) is 0.764. The average molecular weight is 296 g/mol. The van der Waals surface area contributed by atoms with Gasteiger partial charge in [0.25, 0.3) is 0 Å². The fourth-order valence-electron chi connectivity index (χ4n) is 2.83. The van der Waals surface area contributed by atoms with Gasteiger partial charge in [0.2, 0.25) is 0 Å². The summed E-state index contributed by atoms with van der Waals surface area (Å²) in [5.74, 6) is 5.89. The minimum Gasteiger partial charge on any atom is -0.497 e. The third kappa shape index (κ3) is 3.91. The normalized spacial score (nSPS) is 22.2. The summed E-state index contributed by atoms with van der Waals surface area (Å²) in [5.41, 5.74) is 3.34. The topological polar surface area (TPSA) is 53.8 Å². The van der Waals surface area contributed by atoms with Gasteiger partial charge in [-0.15, -0.1) is 0 Å². The van der Waals surface area contributed by atoms with E-state index in [1.165, 1.54) is 13.2 Å². The fourth-order valence-corrected chi connectivity index (χ4v) is 2.83. The summed E-state index contributed by atoms with van der Waals surface area (Å²) in [6.45, 7) is 3.04. The van der Waals surface area contributed by atoms with Crippen LogP contribution in [-0.4, -0.2) is 56.7 Å². The van der Waals surface area contributed by atoms with Gasteiger partial charge in [-0.05, 0) is 26.6 Å². The molecule has 0 aliphatic carbocycles. The Morgan fingerprint density at radius 3 is 2.81 bits per heavy atom. The van der Waals surface area contributed by atoms with Gasteiger partial charge in [-0.1, -0.05) is 6.07 Å². The molecule has 2 unspecified atom stereocenters. The van der Waals surface area contributed by atoms with Crippen molar-refractivity contribution in [2.24, 2.45) is 5.84 Å². The summed E-state index contributed by atoms with van der Waals surface area (Å²) in [4.78, 5) is 4.61. The van der Waals surface area contributed by atoms with Gasteiger partial charge < -0.3 is 14.5 Å². The van der Waals surface area contributed by atoms with Gasteiger partial charge >= 0.3 is 0 Å². The molecule has 2 rings (SSSR count). The molecule has 0 radical (unpaired) electrons. The first-order chi connectivity index (χ1) is 10.0. The average Bonchev–Trinajstić information content (AvgIpc) is 2.48. The van der Waals surface area contributed by atoms with Crippen LogP contribution < -0.4 is 16.0 Å². The summed E-state index contributed by atoms with van der Waals surface area (Å²) in [7, 11) is 5.74. The number of halogens is 1. The minimum atomic E-state index is -0.288. The van der Waals surface area contributed by atoms with Crippen LogP contribution in [0.4, 0.5) is 4.39 Å². The number of likely N-dealkylation sites (N-methyl/N-ethyl adjacent to an activating group) is 2. The number of hydrazine groups is 1. The predicted molar refractivity (Wildman–Crippen MR) is 81.5 cm³/mol. The van der Waals surface area contributed by atoms with E-state index in [1.54, 1.807) is 12.1 Å². The number of nitrogens with zero attached hydrogens (tertiary/aromatic N) is 2. The van der Waals surface area contributed by atoms with E-state index in [9.17, 15) is 4.39 Å². The zero-order valence-corrected chi connectivity index (χ0v) is 13.0. The van der Waals surface area contributed by atoms with Crippen molar-refractivity contribution in [1.29, 1.82) is 0 Å². The molecule has 5 nitrogen and oxygen atoms in total. The number of rotatable bonds is 5. The van der Waals surface area contributed by atoms with Gasteiger partial charge in [-0.3, -0.25) is 11.3 Å². The van der Waals surface area contributed by atoms with Crippen molar-refractivity contribution in [2.45, 2.75) is 18.5 Å². The number of nitrogens with one attached hydrogen (secondary N) is 1. The molecule has 0 aromatic heterocycles. The van der Waals surface area contributed by atoms with Crippen molar-refractivity contribution >= 4 is 0 Å². The molecule has 0 bridgehead atoms. The van der Waals surface area contributed by atoms with E-state index in [1.807, 2.05) is 0 Å². The van der Waals surface area contributed by atoms with Gasteiger partial charge in [-0.25, -0.2) is 4.39 Å². The van der Waals surface area contributed by atoms with Gasteiger partial charge in [0.05, 0.1) is 13.2 Å². The van der Waals surface area contributed by atoms with E-state index in [0.29, 0.717) is 17.4 Å². The highest BCUT2D eigenvalue weighted by molar-refractivity contribution is 5.31. The number of benzene rings is 1. The van der Waals surface area contributed by atoms with Crippen LogP contribution in [-0.2, 0) is 0 Å². The highest BCUT2D eigenvalue weighted by atomic mass is 19.1. The smallest absolute Gasteiger partial charge is 0.131 e. The molecule has 1 aromatic carbocycles. The molecule has 1 fully saturated rings. The second-order valence-electron chi connectivity index (χ2n) is 5.74. The molecule has 2 atom stereocenters. The maximum Gasteiger partial charge on any atom is 0.131 e. The van der Waals surface area contributed by atoms with E-state index >= 15 is 0 Å². The zero-order chi connectivity index (χ0) is 15.4. The van der Waals surface area contributed by atoms with Crippen LogP contribution in [0.2, 0.25) is 0 Å². The summed E-state index contributed by atoms with van der Waals surface area (Å²) < 4.78 is 19.2. The molecule has 1 aliphatic heterocycles. The maximum absolute atomic E-state index is 14.2. The lowest BCUT2D eigenvalue weighted by atomic mass is 9.97. The Morgan fingerprint density at radius 2 is 2.19 bits per heavy atom.